The minimum absolute atomic E-state index is 0.0475. The zero-order valence-corrected chi connectivity index (χ0v) is 12.3. The average molecular weight is 292 g/mol. The van der Waals surface area contributed by atoms with Gasteiger partial charge in [-0.25, -0.2) is 8.42 Å². The maximum Gasteiger partial charge on any atom is 0.244 e. The predicted molar refractivity (Wildman–Crippen MR) is 72.1 cm³/mol. The molecule has 0 aliphatic heterocycles. The highest BCUT2D eigenvalue weighted by Gasteiger charge is 2.27. The molecule has 4 nitrogen and oxygen atoms in total. The van der Waals surface area contributed by atoms with Gasteiger partial charge in [0.1, 0.15) is 4.90 Å². The van der Waals surface area contributed by atoms with Crippen molar-refractivity contribution in [3.8, 4) is 0 Å². The Bertz CT molecular complexity index is 514. The van der Waals surface area contributed by atoms with Crippen LogP contribution in [0, 0.1) is 0 Å². The van der Waals surface area contributed by atoms with Crippen LogP contribution in [0.2, 0.25) is 5.02 Å². The first kappa shape index (κ1) is 15.4. The molecule has 6 heteroatoms. The van der Waals surface area contributed by atoms with Crippen LogP contribution < -0.4 is 0 Å². The Kier molecular flexibility index (Phi) is 5.16. The largest absolute Gasteiger partial charge is 0.392 e. The van der Waals surface area contributed by atoms with Crippen molar-refractivity contribution in [3.63, 3.8) is 0 Å². The first-order valence-corrected chi connectivity index (χ1v) is 7.57. The molecule has 0 radical (unpaired) electrons. The summed E-state index contributed by atoms with van der Waals surface area (Å²) in [6.45, 7) is 5.56. The Morgan fingerprint density at radius 3 is 2.44 bits per heavy atom. The molecule has 1 N–H and O–H groups in total. The van der Waals surface area contributed by atoms with Crippen molar-refractivity contribution < 1.29 is 13.5 Å². The summed E-state index contributed by atoms with van der Waals surface area (Å²) in [6, 6.07) is 4.37. The van der Waals surface area contributed by atoms with E-state index in [1.54, 1.807) is 13.0 Å². The van der Waals surface area contributed by atoms with Crippen molar-refractivity contribution in [3.05, 3.63) is 28.8 Å². The highest BCUT2D eigenvalue weighted by Crippen LogP contribution is 2.26. The Labute approximate surface area is 113 Å². The van der Waals surface area contributed by atoms with Gasteiger partial charge >= 0.3 is 0 Å². The van der Waals surface area contributed by atoms with E-state index in [1.807, 2.05) is 13.8 Å². The Balaban J connectivity index is 3.35. The van der Waals surface area contributed by atoms with E-state index in [2.05, 4.69) is 0 Å². The fourth-order valence-corrected chi connectivity index (χ4v) is 3.96. The summed E-state index contributed by atoms with van der Waals surface area (Å²) in [4.78, 5) is 0.0475. The monoisotopic (exact) mass is 291 g/mol. The SMILES string of the molecule is CCN(C(C)C)S(=O)(=O)c1cc(CO)ccc1Cl. The maximum atomic E-state index is 12.5. The Morgan fingerprint density at radius 2 is 2.00 bits per heavy atom. The molecule has 0 amide bonds. The van der Waals surface area contributed by atoms with Crippen molar-refractivity contribution in [2.75, 3.05) is 6.54 Å². The summed E-state index contributed by atoms with van der Waals surface area (Å²) in [7, 11) is -3.62. The lowest BCUT2D eigenvalue weighted by molar-refractivity contribution is 0.281. The van der Waals surface area contributed by atoms with Crippen LogP contribution in [0.1, 0.15) is 26.3 Å². The smallest absolute Gasteiger partial charge is 0.244 e. The maximum absolute atomic E-state index is 12.5. The third-order valence-electron chi connectivity index (χ3n) is 2.65. The summed E-state index contributed by atoms with van der Waals surface area (Å²) in [5.74, 6) is 0. The van der Waals surface area contributed by atoms with Crippen LogP contribution in [-0.2, 0) is 16.6 Å². The van der Waals surface area contributed by atoms with Crippen molar-refractivity contribution in [1.29, 1.82) is 0 Å². The molecule has 0 aromatic heterocycles. The van der Waals surface area contributed by atoms with Crippen LogP contribution in [0.25, 0.3) is 0 Å². The fraction of sp³-hybridized carbons (Fsp3) is 0.500. The number of sulfonamides is 1. The molecule has 0 aliphatic rings. The fourth-order valence-electron chi connectivity index (χ4n) is 1.78. The molecule has 18 heavy (non-hydrogen) atoms. The minimum Gasteiger partial charge on any atom is -0.392 e. The van der Waals surface area contributed by atoms with Gasteiger partial charge in [0.05, 0.1) is 11.6 Å². The third-order valence-corrected chi connectivity index (χ3v) is 5.28. The van der Waals surface area contributed by atoms with Crippen LogP contribution in [0.5, 0.6) is 0 Å². The van der Waals surface area contributed by atoms with Crippen LogP contribution in [-0.4, -0.2) is 30.4 Å². The number of aliphatic hydroxyl groups excluding tert-OH is 1. The van der Waals surface area contributed by atoms with Gasteiger partial charge in [0.15, 0.2) is 0 Å². The summed E-state index contributed by atoms with van der Waals surface area (Å²) >= 11 is 5.96. The molecular weight excluding hydrogens is 274 g/mol. The highest BCUT2D eigenvalue weighted by atomic mass is 35.5. The van der Waals surface area contributed by atoms with Crippen molar-refractivity contribution >= 4 is 21.6 Å². The normalized spacial score (nSPS) is 12.4. The van der Waals surface area contributed by atoms with E-state index in [0.29, 0.717) is 12.1 Å². The second-order valence-corrected chi connectivity index (χ2v) is 6.49. The van der Waals surface area contributed by atoms with Crippen molar-refractivity contribution in [2.24, 2.45) is 0 Å². The average Bonchev–Trinajstić information content (AvgIpc) is 2.29. The molecule has 0 heterocycles. The summed E-state index contributed by atoms with van der Waals surface area (Å²) in [6.07, 6.45) is 0. The van der Waals surface area contributed by atoms with Crippen LogP contribution in [0.15, 0.2) is 23.1 Å². The van der Waals surface area contributed by atoms with E-state index in [9.17, 15) is 8.42 Å². The summed E-state index contributed by atoms with van der Waals surface area (Å²) in [5, 5.41) is 9.24. The molecule has 1 rings (SSSR count). The van der Waals surface area contributed by atoms with E-state index >= 15 is 0 Å². The first-order chi connectivity index (χ1) is 8.34. The molecule has 0 fully saturated rings. The van der Waals surface area contributed by atoms with E-state index in [-0.39, 0.29) is 22.6 Å². The van der Waals surface area contributed by atoms with Crippen LogP contribution in [0.4, 0.5) is 0 Å². The second kappa shape index (κ2) is 6.02. The predicted octanol–water partition coefficient (Wildman–Crippen LogP) is 2.25. The van der Waals surface area contributed by atoms with E-state index in [4.69, 9.17) is 16.7 Å². The van der Waals surface area contributed by atoms with E-state index in [0.717, 1.165) is 0 Å². The van der Waals surface area contributed by atoms with E-state index in [1.165, 1.54) is 16.4 Å². The highest BCUT2D eigenvalue weighted by molar-refractivity contribution is 7.89. The number of hydrogen-bond acceptors (Lipinski definition) is 3. The lowest BCUT2D eigenvalue weighted by Crippen LogP contribution is -2.36. The molecular formula is C12H18ClNO3S. The quantitative estimate of drug-likeness (QED) is 0.905. The molecule has 0 saturated heterocycles. The zero-order chi connectivity index (χ0) is 13.9. The molecule has 102 valence electrons. The lowest BCUT2D eigenvalue weighted by Gasteiger charge is -2.25. The molecule has 1 aromatic rings. The number of halogens is 1. The van der Waals surface area contributed by atoms with Gasteiger partial charge in [-0.15, -0.1) is 0 Å². The molecule has 0 unspecified atom stereocenters. The van der Waals surface area contributed by atoms with Gasteiger partial charge < -0.3 is 5.11 Å². The molecule has 0 saturated carbocycles. The van der Waals surface area contributed by atoms with E-state index < -0.39 is 10.0 Å². The second-order valence-electron chi connectivity index (χ2n) is 4.23. The van der Waals surface area contributed by atoms with Crippen LogP contribution in [0.3, 0.4) is 0 Å². The van der Waals surface area contributed by atoms with Gasteiger partial charge in [-0.3, -0.25) is 0 Å². The molecule has 0 atom stereocenters. The Hall–Kier alpha value is -0.620. The van der Waals surface area contributed by atoms with Gasteiger partial charge in [0.2, 0.25) is 10.0 Å². The van der Waals surface area contributed by atoms with Gasteiger partial charge in [-0.1, -0.05) is 24.6 Å². The first-order valence-electron chi connectivity index (χ1n) is 5.75. The van der Waals surface area contributed by atoms with Crippen molar-refractivity contribution in [2.45, 2.75) is 38.3 Å². The van der Waals surface area contributed by atoms with Crippen molar-refractivity contribution in [1.82, 2.24) is 4.31 Å². The third kappa shape index (κ3) is 3.03. The summed E-state index contributed by atoms with van der Waals surface area (Å²) < 4.78 is 26.3. The zero-order valence-electron chi connectivity index (χ0n) is 10.7. The molecule has 0 bridgehead atoms. The number of nitrogens with zero attached hydrogens (tertiary/aromatic N) is 1. The minimum atomic E-state index is -3.62. The number of aliphatic hydroxyl groups is 1. The van der Waals surface area contributed by atoms with Crippen LogP contribution >= 0.6 is 11.6 Å². The number of rotatable bonds is 5. The standard InChI is InChI=1S/C12H18ClNO3S/c1-4-14(9(2)3)18(16,17)12-7-10(8-15)5-6-11(12)13/h5-7,9,15H,4,8H2,1-3H3. The summed E-state index contributed by atoms with van der Waals surface area (Å²) in [5.41, 5.74) is 0.526. The Morgan fingerprint density at radius 1 is 1.39 bits per heavy atom. The molecule has 0 aliphatic carbocycles. The van der Waals surface area contributed by atoms with Gasteiger partial charge in [-0.05, 0) is 31.5 Å². The number of hydrogen-bond donors (Lipinski definition) is 1. The molecule has 1 aromatic carbocycles. The van der Waals surface area contributed by atoms with Gasteiger partial charge in [-0.2, -0.15) is 4.31 Å². The molecule has 0 spiro atoms. The van der Waals surface area contributed by atoms with Gasteiger partial charge in [0.25, 0.3) is 0 Å². The lowest BCUT2D eigenvalue weighted by atomic mass is 10.2. The van der Waals surface area contributed by atoms with Gasteiger partial charge in [0, 0.05) is 12.6 Å². The number of benzene rings is 1. The topological polar surface area (TPSA) is 57.6 Å².